The first-order chi connectivity index (χ1) is 17.5. The minimum Gasteiger partial charge on any atom is -0.465 e. The topological polar surface area (TPSA) is 32.8 Å². The zero-order chi connectivity index (χ0) is 24.9. The van der Waals surface area contributed by atoms with Crippen molar-refractivity contribution in [3.63, 3.8) is 0 Å². The largest absolute Gasteiger partial charge is 0.465 e. The second-order valence-corrected chi connectivity index (χ2v) is 11.4. The van der Waals surface area contributed by atoms with Gasteiger partial charge < -0.3 is 14.5 Å². The van der Waals surface area contributed by atoms with Crippen LogP contribution in [0.5, 0.6) is 0 Å². The first kappa shape index (κ1) is 23.1. The zero-order valence-corrected chi connectivity index (χ0v) is 21.6. The number of carbonyl (C=O) groups is 1. The maximum atomic E-state index is 12.2. The lowest BCUT2D eigenvalue weighted by atomic mass is 9.48. The van der Waals surface area contributed by atoms with Crippen LogP contribution in [-0.4, -0.2) is 27.2 Å². The molecule has 0 amide bonds. The van der Waals surface area contributed by atoms with Crippen molar-refractivity contribution in [2.45, 2.75) is 43.9 Å². The summed E-state index contributed by atoms with van der Waals surface area (Å²) >= 11 is 0. The van der Waals surface area contributed by atoms with Gasteiger partial charge >= 0.3 is 5.97 Å². The lowest BCUT2D eigenvalue weighted by Gasteiger charge is -2.57. The van der Waals surface area contributed by atoms with Crippen molar-refractivity contribution in [2.24, 2.45) is 17.8 Å². The molecule has 4 heteroatoms. The average molecular weight is 481 g/mol. The normalized spacial score (nSPS) is 26.0. The van der Waals surface area contributed by atoms with Crippen LogP contribution >= 0.6 is 0 Å². The summed E-state index contributed by atoms with van der Waals surface area (Å²) in [5, 5.41) is 0. The maximum Gasteiger partial charge on any atom is 0.339 e. The molecule has 0 spiro atoms. The SMILES string of the molecule is COC(=O)c1ccccc1N(C)c1ccc(N(C)c2ccc(C34CC5CC(CC(C5)C3)C4)cc2)cc1. The molecule has 7 rings (SSSR count). The summed E-state index contributed by atoms with van der Waals surface area (Å²) in [5.74, 6) is 2.57. The predicted molar refractivity (Wildman–Crippen MR) is 147 cm³/mol. The van der Waals surface area contributed by atoms with Crippen LogP contribution in [0.25, 0.3) is 0 Å². The van der Waals surface area contributed by atoms with Crippen molar-refractivity contribution < 1.29 is 9.53 Å². The molecule has 3 aromatic carbocycles. The Balaban J connectivity index is 1.19. The molecule has 0 atom stereocenters. The smallest absolute Gasteiger partial charge is 0.339 e. The highest BCUT2D eigenvalue weighted by molar-refractivity contribution is 5.96. The standard InChI is InChI=1S/C32H36N2O2/c1-33(26-10-8-25(9-11-26)32-19-22-16-23(20-32)18-24(17-22)21-32)27-12-14-28(15-13-27)34(2)30-7-5-4-6-29(30)31(35)36-3/h4-15,22-24H,16-21H2,1-3H3. The molecule has 0 N–H and O–H groups in total. The summed E-state index contributed by atoms with van der Waals surface area (Å²) in [5.41, 5.74) is 6.75. The fraction of sp³-hybridized carbons (Fsp3) is 0.406. The molecule has 0 radical (unpaired) electrons. The molecule has 3 aromatic rings. The van der Waals surface area contributed by atoms with Crippen LogP contribution in [0.4, 0.5) is 22.7 Å². The van der Waals surface area contributed by atoms with E-state index in [9.17, 15) is 4.79 Å². The van der Waals surface area contributed by atoms with E-state index in [4.69, 9.17) is 4.74 Å². The van der Waals surface area contributed by atoms with E-state index in [1.807, 2.05) is 30.1 Å². The number of ether oxygens (including phenoxy) is 1. The van der Waals surface area contributed by atoms with Crippen LogP contribution in [0, 0.1) is 17.8 Å². The quantitative estimate of drug-likeness (QED) is 0.343. The van der Waals surface area contributed by atoms with Gasteiger partial charge in [0.25, 0.3) is 0 Å². The number of benzene rings is 3. The summed E-state index contributed by atoms with van der Waals surface area (Å²) in [4.78, 5) is 16.5. The summed E-state index contributed by atoms with van der Waals surface area (Å²) in [6.45, 7) is 0. The highest BCUT2D eigenvalue weighted by Crippen LogP contribution is 2.60. The molecule has 4 bridgehead atoms. The van der Waals surface area contributed by atoms with E-state index in [1.54, 1.807) is 11.6 Å². The van der Waals surface area contributed by atoms with Crippen LogP contribution in [0.3, 0.4) is 0 Å². The molecule has 0 saturated heterocycles. The summed E-state index contributed by atoms with van der Waals surface area (Å²) in [7, 11) is 5.52. The maximum absolute atomic E-state index is 12.2. The molecule has 186 valence electrons. The van der Waals surface area contributed by atoms with E-state index in [1.165, 1.54) is 51.3 Å². The molecule has 0 aromatic heterocycles. The van der Waals surface area contributed by atoms with Crippen LogP contribution in [-0.2, 0) is 10.2 Å². The number of hydrogen-bond acceptors (Lipinski definition) is 4. The van der Waals surface area contributed by atoms with Crippen molar-refractivity contribution in [1.82, 2.24) is 0 Å². The summed E-state index contributed by atoms with van der Waals surface area (Å²) < 4.78 is 4.97. The Morgan fingerprint density at radius 1 is 0.722 bits per heavy atom. The molecular weight excluding hydrogens is 444 g/mol. The number of hydrogen-bond donors (Lipinski definition) is 0. The van der Waals surface area contributed by atoms with Crippen LogP contribution < -0.4 is 9.80 Å². The molecule has 4 saturated carbocycles. The lowest BCUT2D eigenvalue weighted by molar-refractivity contribution is -0.00518. The van der Waals surface area contributed by atoms with Crippen molar-refractivity contribution in [2.75, 3.05) is 31.0 Å². The Kier molecular flexibility index (Phi) is 5.78. The van der Waals surface area contributed by atoms with Gasteiger partial charge in [-0.15, -0.1) is 0 Å². The Labute approximate surface area is 214 Å². The monoisotopic (exact) mass is 480 g/mol. The van der Waals surface area contributed by atoms with Crippen LogP contribution in [0.1, 0.15) is 54.4 Å². The summed E-state index contributed by atoms with van der Waals surface area (Å²) in [6.07, 6.45) is 8.67. The zero-order valence-electron chi connectivity index (χ0n) is 21.6. The fourth-order valence-electron chi connectivity index (χ4n) is 7.74. The van der Waals surface area contributed by atoms with E-state index in [-0.39, 0.29) is 5.97 Å². The third kappa shape index (κ3) is 3.97. The van der Waals surface area contributed by atoms with Crippen LogP contribution in [0.15, 0.2) is 72.8 Å². The van der Waals surface area contributed by atoms with Gasteiger partial charge in [-0.3, -0.25) is 0 Å². The molecule has 4 fully saturated rings. The van der Waals surface area contributed by atoms with Gasteiger partial charge in [-0.2, -0.15) is 0 Å². The van der Waals surface area contributed by atoms with Gasteiger partial charge in [-0.25, -0.2) is 4.79 Å². The van der Waals surface area contributed by atoms with E-state index in [0.29, 0.717) is 11.0 Å². The second-order valence-electron chi connectivity index (χ2n) is 11.4. The fourth-order valence-corrected chi connectivity index (χ4v) is 7.74. The number of methoxy groups -OCH3 is 1. The molecule has 4 nitrogen and oxygen atoms in total. The van der Waals surface area contributed by atoms with E-state index < -0.39 is 0 Å². The Morgan fingerprint density at radius 2 is 1.19 bits per heavy atom. The lowest BCUT2D eigenvalue weighted by Crippen LogP contribution is -2.48. The van der Waals surface area contributed by atoms with Gasteiger partial charge in [0.2, 0.25) is 0 Å². The Bertz CT molecular complexity index is 1210. The minimum atomic E-state index is -0.328. The van der Waals surface area contributed by atoms with E-state index in [2.05, 4.69) is 60.5 Å². The first-order valence-corrected chi connectivity index (χ1v) is 13.3. The number of nitrogens with zero attached hydrogens (tertiary/aromatic N) is 2. The van der Waals surface area contributed by atoms with Gasteiger partial charge in [0.05, 0.1) is 18.4 Å². The molecular formula is C32H36N2O2. The number of anilines is 4. The molecule has 36 heavy (non-hydrogen) atoms. The third-order valence-corrected chi connectivity index (χ3v) is 9.20. The van der Waals surface area contributed by atoms with Gasteiger partial charge in [-0.1, -0.05) is 24.3 Å². The highest BCUT2D eigenvalue weighted by atomic mass is 16.5. The minimum absolute atomic E-state index is 0.328. The van der Waals surface area contributed by atoms with Gasteiger partial charge in [0.1, 0.15) is 0 Å². The van der Waals surface area contributed by atoms with Crippen molar-refractivity contribution in [3.8, 4) is 0 Å². The van der Waals surface area contributed by atoms with Gasteiger partial charge in [-0.05, 0) is 116 Å². The molecule has 0 aliphatic heterocycles. The number of esters is 1. The van der Waals surface area contributed by atoms with Crippen molar-refractivity contribution >= 4 is 28.7 Å². The second kappa shape index (κ2) is 8.99. The molecule has 0 heterocycles. The molecule has 4 aliphatic rings. The van der Waals surface area contributed by atoms with E-state index >= 15 is 0 Å². The van der Waals surface area contributed by atoms with Crippen molar-refractivity contribution in [3.05, 3.63) is 83.9 Å². The molecule has 0 unspecified atom stereocenters. The van der Waals surface area contributed by atoms with E-state index in [0.717, 1.165) is 34.8 Å². The van der Waals surface area contributed by atoms with Crippen molar-refractivity contribution in [1.29, 1.82) is 0 Å². The number of carbonyl (C=O) groups excluding carboxylic acids is 1. The first-order valence-electron chi connectivity index (χ1n) is 13.3. The predicted octanol–water partition coefficient (Wildman–Crippen LogP) is 7.48. The summed E-state index contributed by atoms with van der Waals surface area (Å²) in [6, 6.07) is 25.4. The average Bonchev–Trinajstić information content (AvgIpc) is 2.91. The van der Waals surface area contributed by atoms with Crippen LogP contribution in [0.2, 0.25) is 0 Å². The molecule has 4 aliphatic carbocycles. The van der Waals surface area contributed by atoms with Gasteiger partial charge in [0, 0.05) is 31.2 Å². The van der Waals surface area contributed by atoms with Gasteiger partial charge in [0.15, 0.2) is 0 Å². The number of para-hydroxylation sites is 1. The third-order valence-electron chi connectivity index (χ3n) is 9.20. The highest BCUT2D eigenvalue weighted by Gasteiger charge is 2.51. The Hall–Kier alpha value is -3.27. The Morgan fingerprint density at radius 3 is 1.72 bits per heavy atom. The number of rotatable bonds is 6.